The second-order valence-corrected chi connectivity index (χ2v) is 6.51. The molecule has 2 aromatic carbocycles. The van der Waals surface area contributed by atoms with Crippen LogP contribution in [-0.4, -0.2) is 32.7 Å². The normalized spacial score (nSPS) is 19.2. The maximum atomic E-state index is 10.7. The molecule has 2 aliphatic heterocycles. The van der Waals surface area contributed by atoms with E-state index in [1.54, 1.807) is 14.2 Å². The smallest absolute Gasteiger partial charge is 0.231 e. The van der Waals surface area contributed by atoms with E-state index in [1.807, 2.05) is 6.07 Å². The molecule has 0 aromatic heterocycles. The summed E-state index contributed by atoms with van der Waals surface area (Å²) in [4.78, 5) is 0. The van der Waals surface area contributed by atoms with E-state index in [2.05, 4.69) is 11.4 Å². The lowest BCUT2D eigenvalue weighted by Gasteiger charge is -2.36. The minimum Gasteiger partial charge on any atom is -0.504 e. The summed E-state index contributed by atoms with van der Waals surface area (Å²) in [6.45, 7) is 1.06. The topological polar surface area (TPSA) is 69.2 Å². The fourth-order valence-corrected chi connectivity index (χ4v) is 4.30. The van der Waals surface area contributed by atoms with Crippen molar-refractivity contribution in [3.8, 4) is 39.9 Å². The van der Waals surface area contributed by atoms with E-state index in [1.165, 1.54) is 5.56 Å². The molecule has 1 atom stereocenters. The Morgan fingerprint density at radius 2 is 1.88 bits per heavy atom. The van der Waals surface area contributed by atoms with E-state index in [9.17, 15) is 5.11 Å². The number of benzene rings is 2. The number of aromatic hydroxyl groups is 1. The highest BCUT2D eigenvalue weighted by molar-refractivity contribution is 5.87. The summed E-state index contributed by atoms with van der Waals surface area (Å²) < 4.78 is 22.3. The van der Waals surface area contributed by atoms with Crippen molar-refractivity contribution in [2.24, 2.45) is 0 Å². The first kappa shape index (κ1) is 14.7. The molecule has 0 bridgehead atoms. The number of hydrogen-bond donors (Lipinski definition) is 2. The minimum absolute atomic E-state index is 0.136. The molecule has 0 saturated heterocycles. The number of rotatable bonds is 2. The van der Waals surface area contributed by atoms with Gasteiger partial charge in [0.1, 0.15) is 0 Å². The van der Waals surface area contributed by atoms with Crippen LogP contribution in [0, 0.1) is 0 Å². The highest BCUT2D eigenvalue weighted by Crippen LogP contribution is 2.56. The Labute approximate surface area is 145 Å². The Morgan fingerprint density at radius 1 is 1.12 bits per heavy atom. The number of nitrogens with one attached hydrogen (secondary N) is 1. The number of methoxy groups -OCH3 is 2. The van der Waals surface area contributed by atoms with Crippen molar-refractivity contribution in [3.63, 3.8) is 0 Å². The van der Waals surface area contributed by atoms with E-state index in [-0.39, 0.29) is 18.6 Å². The molecule has 6 heteroatoms. The molecule has 130 valence electrons. The SMILES string of the molecule is COc1c(O)c2c3c(c1OC)-c1cc4c(cc1C[C@@H]3NCC2)OCO4. The van der Waals surface area contributed by atoms with Gasteiger partial charge < -0.3 is 29.4 Å². The number of fused-ring (bicyclic) bond motifs is 3. The third-order valence-electron chi connectivity index (χ3n) is 5.34. The third-order valence-corrected chi connectivity index (χ3v) is 5.34. The number of hydrogen-bond acceptors (Lipinski definition) is 6. The molecule has 2 N–H and O–H groups in total. The summed E-state index contributed by atoms with van der Waals surface area (Å²) >= 11 is 0. The molecule has 0 radical (unpaired) electrons. The monoisotopic (exact) mass is 341 g/mol. The lowest BCUT2D eigenvalue weighted by Crippen LogP contribution is -2.34. The maximum absolute atomic E-state index is 10.7. The number of phenolic OH excluding ortho intramolecular Hbond substituents is 1. The molecular formula is C19H19NO5. The number of phenols is 1. The zero-order chi connectivity index (χ0) is 17.1. The van der Waals surface area contributed by atoms with Gasteiger partial charge in [-0.15, -0.1) is 0 Å². The first-order valence-electron chi connectivity index (χ1n) is 8.38. The van der Waals surface area contributed by atoms with Crippen LogP contribution in [0.15, 0.2) is 12.1 Å². The van der Waals surface area contributed by atoms with Crippen LogP contribution in [0.5, 0.6) is 28.7 Å². The number of ether oxygens (including phenoxy) is 4. The van der Waals surface area contributed by atoms with Gasteiger partial charge in [0.15, 0.2) is 23.0 Å². The van der Waals surface area contributed by atoms with E-state index in [0.717, 1.165) is 53.1 Å². The molecule has 0 amide bonds. The molecule has 0 unspecified atom stereocenters. The van der Waals surface area contributed by atoms with Gasteiger partial charge in [0.05, 0.1) is 14.2 Å². The second kappa shape index (κ2) is 5.20. The van der Waals surface area contributed by atoms with E-state index in [4.69, 9.17) is 18.9 Å². The predicted molar refractivity (Wildman–Crippen MR) is 90.9 cm³/mol. The molecule has 6 nitrogen and oxygen atoms in total. The standard InChI is InChI=1S/C19H19NO5/c1-22-18-16-11-7-14-13(24-8-25-14)6-9(11)5-12-15(16)10(3-4-20-12)17(21)19(18)23-2/h6-7,12,20-21H,3-5,8H2,1-2H3/t12-/m0/s1. The molecule has 3 aliphatic rings. The predicted octanol–water partition coefficient (Wildman–Crippen LogP) is 2.55. The Kier molecular flexibility index (Phi) is 3.06. The summed E-state index contributed by atoms with van der Waals surface area (Å²) in [7, 11) is 3.16. The van der Waals surface area contributed by atoms with Gasteiger partial charge in [-0.25, -0.2) is 0 Å². The highest BCUT2D eigenvalue weighted by Gasteiger charge is 2.37. The molecule has 0 spiro atoms. The molecule has 25 heavy (non-hydrogen) atoms. The average molecular weight is 341 g/mol. The van der Waals surface area contributed by atoms with Crippen LogP contribution in [0.2, 0.25) is 0 Å². The van der Waals surface area contributed by atoms with Crippen LogP contribution in [0.3, 0.4) is 0 Å². The van der Waals surface area contributed by atoms with Crippen LogP contribution in [-0.2, 0) is 12.8 Å². The molecule has 0 fully saturated rings. The first-order chi connectivity index (χ1) is 12.2. The lowest BCUT2D eigenvalue weighted by atomic mass is 9.76. The summed E-state index contributed by atoms with van der Waals surface area (Å²) in [6.07, 6.45) is 1.59. The molecule has 0 saturated carbocycles. The molecule has 1 aliphatic carbocycles. The van der Waals surface area contributed by atoms with E-state index < -0.39 is 0 Å². The maximum Gasteiger partial charge on any atom is 0.231 e. The van der Waals surface area contributed by atoms with Gasteiger partial charge in [-0.3, -0.25) is 0 Å². The van der Waals surface area contributed by atoms with Crippen molar-refractivity contribution in [3.05, 3.63) is 28.8 Å². The van der Waals surface area contributed by atoms with Crippen molar-refractivity contribution in [2.45, 2.75) is 18.9 Å². The van der Waals surface area contributed by atoms with Crippen molar-refractivity contribution < 1.29 is 24.1 Å². The molecule has 2 heterocycles. The van der Waals surface area contributed by atoms with Gasteiger partial charge in [-0.1, -0.05) is 0 Å². The Balaban J connectivity index is 1.87. The van der Waals surface area contributed by atoms with Crippen LogP contribution in [0.1, 0.15) is 22.7 Å². The zero-order valence-electron chi connectivity index (χ0n) is 14.1. The van der Waals surface area contributed by atoms with Gasteiger partial charge >= 0.3 is 0 Å². The van der Waals surface area contributed by atoms with Gasteiger partial charge in [-0.2, -0.15) is 0 Å². The molecular weight excluding hydrogens is 322 g/mol. The lowest BCUT2D eigenvalue weighted by molar-refractivity contribution is 0.174. The van der Waals surface area contributed by atoms with Crippen molar-refractivity contribution in [1.82, 2.24) is 5.32 Å². The Hall–Kier alpha value is -2.60. The fourth-order valence-electron chi connectivity index (χ4n) is 4.30. The van der Waals surface area contributed by atoms with Crippen molar-refractivity contribution in [2.75, 3.05) is 27.6 Å². The third kappa shape index (κ3) is 1.88. The van der Waals surface area contributed by atoms with Gasteiger partial charge in [0.2, 0.25) is 12.5 Å². The van der Waals surface area contributed by atoms with E-state index >= 15 is 0 Å². The van der Waals surface area contributed by atoms with Crippen LogP contribution >= 0.6 is 0 Å². The second-order valence-electron chi connectivity index (χ2n) is 6.51. The zero-order valence-corrected chi connectivity index (χ0v) is 14.1. The van der Waals surface area contributed by atoms with Crippen LogP contribution < -0.4 is 24.3 Å². The van der Waals surface area contributed by atoms with Gasteiger partial charge in [-0.05, 0) is 48.2 Å². The summed E-state index contributed by atoms with van der Waals surface area (Å²) in [5.74, 6) is 2.66. The van der Waals surface area contributed by atoms with Gasteiger partial charge in [0, 0.05) is 17.2 Å². The van der Waals surface area contributed by atoms with Crippen LogP contribution in [0.25, 0.3) is 11.1 Å². The van der Waals surface area contributed by atoms with Crippen LogP contribution in [0.4, 0.5) is 0 Å². The van der Waals surface area contributed by atoms with Gasteiger partial charge in [0.25, 0.3) is 0 Å². The Bertz CT molecular complexity index is 892. The van der Waals surface area contributed by atoms with E-state index in [0.29, 0.717) is 11.5 Å². The van der Waals surface area contributed by atoms with Crippen molar-refractivity contribution in [1.29, 1.82) is 0 Å². The summed E-state index contributed by atoms with van der Waals surface area (Å²) in [5, 5.41) is 14.3. The highest BCUT2D eigenvalue weighted by atomic mass is 16.7. The Morgan fingerprint density at radius 3 is 2.64 bits per heavy atom. The fraction of sp³-hybridized carbons (Fsp3) is 0.368. The van der Waals surface area contributed by atoms with Crippen molar-refractivity contribution >= 4 is 0 Å². The molecule has 2 aromatic rings. The summed E-state index contributed by atoms with van der Waals surface area (Å²) in [6, 6.07) is 4.20. The summed E-state index contributed by atoms with van der Waals surface area (Å²) in [5.41, 5.74) is 5.25. The molecule has 5 rings (SSSR count). The average Bonchev–Trinajstić information content (AvgIpc) is 3.09. The quantitative estimate of drug-likeness (QED) is 0.875. The minimum atomic E-state index is 0.136. The first-order valence-corrected chi connectivity index (χ1v) is 8.38. The largest absolute Gasteiger partial charge is 0.504 e.